The summed E-state index contributed by atoms with van der Waals surface area (Å²) in [4.78, 5) is 11.2. The number of benzene rings is 2. The van der Waals surface area contributed by atoms with Crippen LogP contribution in [0.5, 0.6) is 0 Å². The third-order valence-corrected chi connectivity index (χ3v) is 4.13. The van der Waals surface area contributed by atoms with Gasteiger partial charge in [-0.1, -0.05) is 48.5 Å². The highest BCUT2D eigenvalue weighted by Gasteiger charge is 2.14. The third kappa shape index (κ3) is 3.07. The van der Waals surface area contributed by atoms with Crippen LogP contribution in [0, 0.1) is 0 Å². The van der Waals surface area contributed by atoms with Crippen LogP contribution in [-0.2, 0) is 6.42 Å². The Morgan fingerprint density at radius 2 is 1.67 bits per heavy atom. The number of hydrogen-bond acceptors (Lipinski definition) is 2. The van der Waals surface area contributed by atoms with Crippen LogP contribution in [0.15, 0.2) is 67.0 Å². The van der Waals surface area contributed by atoms with Crippen LogP contribution in [0.25, 0.3) is 22.2 Å². The zero-order valence-electron chi connectivity index (χ0n) is 13.1. The van der Waals surface area contributed by atoms with Crippen molar-refractivity contribution in [3.05, 3.63) is 78.4 Å². The number of aromatic nitrogens is 3. The van der Waals surface area contributed by atoms with E-state index in [-0.39, 0.29) is 18.4 Å². The summed E-state index contributed by atoms with van der Waals surface area (Å²) in [5.74, 6) is 0.814. The van der Waals surface area contributed by atoms with E-state index in [2.05, 4.69) is 27.1 Å². The molecule has 2 aromatic carbocycles. The number of H-pyrrole nitrogens is 2. The molecular weight excluding hydrogens is 320 g/mol. The Labute approximate surface area is 146 Å². The summed E-state index contributed by atoms with van der Waals surface area (Å²) in [5.41, 5.74) is 10.7. The molecule has 2 aromatic heterocycles. The average molecular weight is 339 g/mol. The van der Waals surface area contributed by atoms with E-state index in [0.29, 0.717) is 0 Å². The summed E-state index contributed by atoms with van der Waals surface area (Å²) in [5, 5.41) is 1.22. The number of hydrogen-bond donors (Lipinski definition) is 3. The third-order valence-electron chi connectivity index (χ3n) is 4.13. The molecule has 0 bridgehead atoms. The van der Waals surface area contributed by atoms with Gasteiger partial charge in [-0.2, -0.15) is 0 Å². The SMILES string of the molecule is Cl.N[C@H](Cc1c[nH]c2ccccc12)c1nc(-c2ccccc2)c[nH]1. The highest BCUT2D eigenvalue weighted by atomic mass is 35.5. The lowest BCUT2D eigenvalue weighted by atomic mass is 10.1. The maximum Gasteiger partial charge on any atom is 0.124 e. The topological polar surface area (TPSA) is 70.5 Å². The highest BCUT2D eigenvalue weighted by molar-refractivity contribution is 5.85. The Bertz CT molecular complexity index is 927. The van der Waals surface area contributed by atoms with Gasteiger partial charge in [-0.15, -0.1) is 12.4 Å². The van der Waals surface area contributed by atoms with Crippen LogP contribution in [0.3, 0.4) is 0 Å². The number of halogens is 1. The number of nitrogens with zero attached hydrogens (tertiary/aromatic N) is 1. The lowest BCUT2D eigenvalue weighted by Gasteiger charge is -2.07. The van der Waals surface area contributed by atoms with E-state index in [1.165, 1.54) is 10.9 Å². The lowest BCUT2D eigenvalue weighted by Crippen LogP contribution is -2.14. The summed E-state index contributed by atoms with van der Waals surface area (Å²) < 4.78 is 0. The molecule has 4 aromatic rings. The quantitative estimate of drug-likeness (QED) is 0.521. The van der Waals surface area contributed by atoms with Crippen LogP contribution in [0.4, 0.5) is 0 Å². The van der Waals surface area contributed by atoms with Crippen molar-refractivity contribution >= 4 is 23.3 Å². The first-order valence-electron chi connectivity index (χ1n) is 7.72. The van der Waals surface area contributed by atoms with Gasteiger partial charge in [0.05, 0.1) is 11.7 Å². The number of nitrogens with one attached hydrogen (secondary N) is 2. The molecule has 24 heavy (non-hydrogen) atoms. The van der Waals surface area contributed by atoms with Gasteiger partial charge in [0.2, 0.25) is 0 Å². The number of aromatic amines is 2. The van der Waals surface area contributed by atoms with E-state index in [4.69, 9.17) is 5.73 Å². The van der Waals surface area contributed by atoms with Crippen LogP contribution in [0.2, 0.25) is 0 Å². The molecule has 4 nitrogen and oxygen atoms in total. The van der Waals surface area contributed by atoms with Crippen LogP contribution < -0.4 is 5.73 Å². The second-order valence-electron chi connectivity index (χ2n) is 5.71. The Morgan fingerprint density at radius 1 is 0.917 bits per heavy atom. The van der Waals surface area contributed by atoms with Crippen molar-refractivity contribution in [2.24, 2.45) is 5.73 Å². The fourth-order valence-corrected chi connectivity index (χ4v) is 2.92. The number of imidazole rings is 1. The first-order chi connectivity index (χ1) is 11.3. The molecule has 122 valence electrons. The van der Waals surface area contributed by atoms with Crippen molar-refractivity contribution < 1.29 is 0 Å². The Balaban J connectivity index is 0.00000169. The molecule has 0 spiro atoms. The van der Waals surface area contributed by atoms with E-state index in [1.54, 1.807) is 0 Å². The maximum absolute atomic E-state index is 6.36. The molecule has 4 rings (SSSR count). The largest absolute Gasteiger partial charge is 0.361 e. The minimum atomic E-state index is -0.160. The Kier molecular flexibility index (Phi) is 4.69. The van der Waals surface area contributed by atoms with Gasteiger partial charge in [-0.05, 0) is 18.1 Å². The van der Waals surface area contributed by atoms with Crippen LogP contribution >= 0.6 is 12.4 Å². The van der Waals surface area contributed by atoms with E-state index in [9.17, 15) is 0 Å². The van der Waals surface area contributed by atoms with Crippen molar-refractivity contribution in [2.45, 2.75) is 12.5 Å². The van der Waals surface area contributed by atoms with Gasteiger partial charge in [-0.25, -0.2) is 4.98 Å². The monoisotopic (exact) mass is 338 g/mol. The first-order valence-corrected chi connectivity index (χ1v) is 7.72. The molecule has 4 N–H and O–H groups in total. The van der Waals surface area contributed by atoms with E-state index >= 15 is 0 Å². The van der Waals surface area contributed by atoms with E-state index in [1.807, 2.05) is 54.9 Å². The molecule has 0 fully saturated rings. The van der Waals surface area contributed by atoms with Gasteiger partial charge in [0, 0.05) is 28.9 Å². The second-order valence-corrected chi connectivity index (χ2v) is 5.71. The zero-order valence-corrected chi connectivity index (χ0v) is 13.9. The van der Waals surface area contributed by atoms with Crippen molar-refractivity contribution in [2.75, 3.05) is 0 Å². The summed E-state index contributed by atoms with van der Waals surface area (Å²) in [6.07, 6.45) is 4.69. The van der Waals surface area contributed by atoms with Gasteiger partial charge in [0.15, 0.2) is 0 Å². The Morgan fingerprint density at radius 3 is 2.50 bits per heavy atom. The molecule has 0 radical (unpaired) electrons. The molecule has 0 aliphatic heterocycles. The lowest BCUT2D eigenvalue weighted by molar-refractivity contribution is 0.680. The van der Waals surface area contributed by atoms with Crippen LogP contribution in [0.1, 0.15) is 17.4 Å². The number of nitrogens with two attached hydrogens (primary N) is 1. The van der Waals surface area contributed by atoms with Gasteiger partial charge >= 0.3 is 0 Å². The number of rotatable bonds is 4. The van der Waals surface area contributed by atoms with Crippen molar-refractivity contribution in [3.63, 3.8) is 0 Å². The molecule has 0 unspecified atom stereocenters. The molecule has 5 heteroatoms. The summed E-state index contributed by atoms with van der Waals surface area (Å²) in [6, 6.07) is 18.2. The van der Waals surface area contributed by atoms with Gasteiger partial charge in [0.1, 0.15) is 5.82 Å². The fraction of sp³-hybridized carbons (Fsp3) is 0.105. The average Bonchev–Trinajstić information content (AvgIpc) is 3.24. The second kappa shape index (κ2) is 6.91. The van der Waals surface area contributed by atoms with Gasteiger partial charge in [0.25, 0.3) is 0 Å². The minimum absolute atomic E-state index is 0. The minimum Gasteiger partial charge on any atom is -0.361 e. The van der Waals surface area contributed by atoms with Crippen molar-refractivity contribution in [1.82, 2.24) is 15.0 Å². The standard InChI is InChI=1S/C19H18N4.ClH/c20-16(10-14-11-21-17-9-5-4-8-15(14)17)19-22-12-18(23-19)13-6-2-1-3-7-13;/h1-9,11-12,16,21H,10,20H2,(H,22,23);1H/t16-;/m1./s1. The van der Waals surface area contributed by atoms with Crippen molar-refractivity contribution in [3.8, 4) is 11.3 Å². The zero-order chi connectivity index (χ0) is 15.6. The molecule has 0 aliphatic carbocycles. The van der Waals surface area contributed by atoms with E-state index in [0.717, 1.165) is 29.0 Å². The van der Waals surface area contributed by atoms with Crippen LogP contribution in [-0.4, -0.2) is 15.0 Å². The molecule has 0 aliphatic rings. The molecule has 0 amide bonds. The Hall–Kier alpha value is -2.56. The maximum atomic E-state index is 6.36. The smallest absolute Gasteiger partial charge is 0.124 e. The number of fused-ring (bicyclic) bond motifs is 1. The molecule has 2 heterocycles. The molecule has 0 saturated carbocycles. The summed E-state index contributed by atoms with van der Waals surface area (Å²) in [7, 11) is 0. The first kappa shape index (κ1) is 16.3. The summed E-state index contributed by atoms with van der Waals surface area (Å²) >= 11 is 0. The molecular formula is C19H19ClN4. The van der Waals surface area contributed by atoms with Crippen molar-refractivity contribution in [1.29, 1.82) is 0 Å². The predicted molar refractivity (Wildman–Crippen MR) is 100 cm³/mol. The number of para-hydroxylation sites is 1. The summed E-state index contributed by atoms with van der Waals surface area (Å²) in [6.45, 7) is 0. The molecule has 0 saturated heterocycles. The molecule has 1 atom stereocenters. The predicted octanol–water partition coefficient (Wildman–Crippen LogP) is 4.22. The normalized spacial score (nSPS) is 12.0. The highest BCUT2D eigenvalue weighted by Crippen LogP contribution is 2.23. The van der Waals surface area contributed by atoms with Gasteiger partial charge < -0.3 is 15.7 Å². The fourth-order valence-electron chi connectivity index (χ4n) is 2.92. The van der Waals surface area contributed by atoms with E-state index < -0.39 is 0 Å². The van der Waals surface area contributed by atoms with Gasteiger partial charge in [-0.3, -0.25) is 0 Å².